The number of likely N-dealkylation sites (tertiary alicyclic amines) is 1. The van der Waals surface area contributed by atoms with E-state index < -0.39 is 0 Å². The van der Waals surface area contributed by atoms with Crippen LogP contribution in [0.1, 0.15) is 25.0 Å². The fourth-order valence-electron chi connectivity index (χ4n) is 2.11. The molecule has 17 heavy (non-hydrogen) atoms. The van der Waals surface area contributed by atoms with Crippen LogP contribution in [0.4, 0.5) is 0 Å². The van der Waals surface area contributed by atoms with Crippen LogP contribution < -0.4 is 4.74 Å². The number of ether oxygens (including phenoxy) is 1. The van der Waals surface area contributed by atoms with Crippen molar-refractivity contribution in [2.24, 2.45) is 0 Å². The Morgan fingerprint density at radius 2 is 2.29 bits per heavy atom. The first-order chi connectivity index (χ1) is 8.15. The van der Waals surface area contributed by atoms with Crippen molar-refractivity contribution >= 4 is 11.6 Å². The molecule has 5 heteroatoms. The molecular weight excluding hydrogens is 238 g/mol. The first-order valence-electron chi connectivity index (χ1n) is 5.99. The number of aromatic nitrogens is 2. The standard InChI is InChI=1S/C12H18ClN3O/c1-9-7-11(15-12(13)14-9)17-8-10-5-3-4-6-16(10)2/h7,10H,3-6,8H2,1-2H3. The highest BCUT2D eigenvalue weighted by molar-refractivity contribution is 6.28. The SMILES string of the molecule is Cc1cc(OCC2CCCCN2C)nc(Cl)n1. The largest absolute Gasteiger partial charge is 0.476 e. The normalized spacial score (nSPS) is 21.5. The average Bonchev–Trinajstić information content (AvgIpc) is 2.27. The molecule has 0 aliphatic carbocycles. The molecule has 1 fully saturated rings. The van der Waals surface area contributed by atoms with E-state index in [-0.39, 0.29) is 5.28 Å². The summed E-state index contributed by atoms with van der Waals surface area (Å²) in [6.07, 6.45) is 3.75. The van der Waals surface area contributed by atoms with E-state index in [2.05, 4.69) is 21.9 Å². The molecule has 1 aromatic heterocycles. The van der Waals surface area contributed by atoms with Gasteiger partial charge in [-0.1, -0.05) is 6.42 Å². The predicted octanol–water partition coefficient (Wildman–Crippen LogP) is 2.30. The molecule has 1 atom stereocenters. The lowest BCUT2D eigenvalue weighted by molar-refractivity contribution is 0.122. The number of hydrogen-bond acceptors (Lipinski definition) is 4. The second kappa shape index (κ2) is 5.65. The van der Waals surface area contributed by atoms with Crippen LogP contribution in [0.2, 0.25) is 5.28 Å². The molecule has 1 aliphatic heterocycles. The van der Waals surface area contributed by atoms with Crippen LogP contribution in [0.3, 0.4) is 0 Å². The highest BCUT2D eigenvalue weighted by atomic mass is 35.5. The molecule has 1 unspecified atom stereocenters. The van der Waals surface area contributed by atoms with Gasteiger partial charge in [0, 0.05) is 17.8 Å². The molecule has 2 rings (SSSR count). The van der Waals surface area contributed by atoms with Gasteiger partial charge >= 0.3 is 0 Å². The second-order valence-electron chi connectivity index (χ2n) is 4.56. The lowest BCUT2D eigenvalue weighted by Gasteiger charge is -2.31. The van der Waals surface area contributed by atoms with Crippen molar-refractivity contribution in [3.05, 3.63) is 17.0 Å². The van der Waals surface area contributed by atoms with Crippen molar-refractivity contribution < 1.29 is 4.74 Å². The molecule has 1 aliphatic rings. The van der Waals surface area contributed by atoms with Crippen LogP contribution in [-0.4, -0.2) is 41.1 Å². The maximum atomic E-state index is 5.79. The monoisotopic (exact) mass is 255 g/mol. The molecule has 1 saturated heterocycles. The van der Waals surface area contributed by atoms with Crippen molar-refractivity contribution in [3.8, 4) is 5.88 Å². The van der Waals surface area contributed by atoms with E-state index >= 15 is 0 Å². The van der Waals surface area contributed by atoms with Gasteiger partial charge in [0.15, 0.2) is 0 Å². The maximum absolute atomic E-state index is 5.79. The Morgan fingerprint density at radius 1 is 1.47 bits per heavy atom. The first kappa shape index (κ1) is 12.6. The van der Waals surface area contributed by atoms with E-state index in [1.165, 1.54) is 19.3 Å². The van der Waals surface area contributed by atoms with Crippen LogP contribution in [0.5, 0.6) is 5.88 Å². The number of halogens is 1. The third-order valence-corrected chi connectivity index (χ3v) is 3.32. The Balaban J connectivity index is 1.92. The third kappa shape index (κ3) is 3.54. The Bertz CT molecular complexity index is 366. The van der Waals surface area contributed by atoms with Crippen molar-refractivity contribution in [2.75, 3.05) is 20.2 Å². The summed E-state index contributed by atoms with van der Waals surface area (Å²) in [6.45, 7) is 3.70. The topological polar surface area (TPSA) is 38.2 Å². The highest BCUT2D eigenvalue weighted by Crippen LogP contribution is 2.17. The molecule has 0 saturated carbocycles. The Hall–Kier alpha value is -0.870. The van der Waals surface area contributed by atoms with E-state index in [0.717, 1.165) is 12.2 Å². The molecular formula is C12H18ClN3O. The van der Waals surface area contributed by atoms with Gasteiger partial charge in [-0.3, -0.25) is 0 Å². The molecule has 0 spiro atoms. The Labute approximate surface area is 107 Å². The van der Waals surface area contributed by atoms with Gasteiger partial charge in [-0.25, -0.2) is 4.98 Å². The van der Waals surface area contributed by atoms with Gasteiger partial charge in [0.2, 0.25) is 11.2 Å². The fraction of sp³-hybridized carbons (Fsp3) is 0.667. The molecule has 2 heterocycles. The zero-order chi connectivity index (χ0) is 12.3. The van der Waals surface area contributed by atoms with Crippen molar-refractivity contribution in [2.45, 2.75) is 32.2 Å². The minimum atomic E-state index is 0.247. The van der Waals surface area contributed by atoms with Gasteiger partial charge in [0.1, 0.15) is 6.61 Å². The zero-order valence-corrected chi connectivity index (χ0v) is 11.1. The summed E-state index contributed by atoms with van der Waals surface area (Å²) in [5.74, 6) is 0.571. The van der Waals surface area contributed by atoms with E-state index in [1.54, 1.807) is 0 Å². The van der Waals surface area contributed by atoms with E-state index in [1.807, 2.05) is 13.0 Å². The number of rotatable bonds is 3. The van der Waals surface area contributed by atoms with E-state index in [9.17, 15) is 0 Å². The number of likely N-dealkylation sites (N-methyl/N-ethyl adjacent to an activating group) is 1. The van der Waals surface area contributed by atoms with Crippen LogP contribution in [0.25, 0.3) is 0 Å². The van der Waals surface area contributed by atoms with E-state index in [0.29, 0.717) is 18.5 Å². The van der Waals surface area contributed by atoms with Crippen molar-refractivity contribution in [1.82, 2.24) is 14.9 Å². The highest BCUT2D eigenvalue weighted by Gasteiger charge is 2.19. The van der Waals surface area contributed by atoms with Crippen LogP contribution in [0.15, 0.2) is 6.07 Å². The fourth-order valence-corrected chi connectivity index (χ4v) is 2.33. The van der Waals surface area contributed by atoms with E-state index in [4.69, 9.17) is 16.3 Å². The van der Waals surface area contributed by atoms with Gasteiger partial charge in [-0.05, 0) is 45.0 Å². The number of nitrogens with zero attached hydrogens (tertiary/aromatic N) is 3. The molecule has 0 N–H and O–H groups in total. The molecule has 0 amide bonds. The molecule has 0 radical (unpaired) electrons. The van der Waals surface area contributed by atoms with Crippen LogP contribution in [0, 0.1) is 6.92 Å². The summed E-state index contributed by atoms with van der Waals surface area (Å²) in [6, 6.07) is 2.30. The molecule has 94 valence electrons. The summed E-state index contributed by atoms with van der Waals surface area (Å²) in [5.41, 5.74) is 0.831. The van der Waals surface area contributed by atoms with Gasteiger partial charge in [-0.2, -0.15) is 4.98 Å². The van der Waals surface area contributed by atoms with Crippen molar-refractivity contribution in [1.29, 1.82) is 0 Å². The zero-order valence-electron chi connectivity index (χ0n) is 10.3. The molecule has 0 aromatic carbocycles. The first-order valence-corrected chi connectivity index (χ1v) is 6.37. The summed E-state index contributed by atoms with van der Waals surface area (Å²) in [4.78, 5) is 10.4. The predicted molar refractivity (Wildman–Crippen MR) is 67.5 cm³/mol. The summed E-state index contributed by atoms with van der Waals surface area (Å²) in [7, 11) is 2.14. The Morgan fingerprint density at radius 3 is 3.00 bits per heavy atom. The maximum Gasteiger partial charge on any atom is 0.225 e. The van der Waals surface area contributed by atoms with Gasteiger partial charge in [-0.15, -0.1) is 0 Å². The molecule has 1 aromatic rings. The lowest BCUT2D eigenvalue weighted by Crippen LogP contribution is -2.40. The van der Waals surface area contributed by atoms with Gasteiger partial charge < -0.3 is 9.64 Å². The van der Waals surface area contributed by atoms with Crippen LogP contribution in [-0.2, 0) is 0 Å². The quantitative estimate of drug-likeness (QED) is 0.777. The number of hydrogen-bond donors (Lipinski definition) is 0. The number of aryl methyl sites for hydroxylation is 1. The number of piperidine rings is 1. The Kier molecular flexibility index (Phi) is 4.18. The summed E-state index contributed by atoms with van der Waals surface area (Å²) in [5, 5.41) is 0.247. The third-order valence-electron chi connectivity index (χ3n) is 3.15. The summed E-state index contributed by atoms with van der Waals surface area (Å²) < 4.78 is 5.70. The lowest BCUT2D eigenvalue weighted by atomic mass is 10.0. The minimum absolute atomic E-state index is 0.247. The average molecular weight is 256 g/mol. The van der Waals surface area contributed by atoms with Crippen LogP contribution >= 0.6 is 11.6 Å². The summed E-state index contributed by atoms with van der Waals surface area (Å²) >= 11 is 5.79. The van der Waals surface area contributed by atoms with Gasteiger partial charge in [0.25, 0.3) is 0 Å². The van der Waals surface area contributed by atoms with Gasteiger partial charge in [0.05, 0.1) is 0 Å². The molecule has 0 bridgehead atoms. The minimum Gasteiger partial charge on any atom is -0.476 e. The smallest absolute Gasteiger partial charge is 0.225 e. The second-order valence-corrected chi connectivity index (χ2v) is 4.90. The van der Waals surface area contributed by atoms with Crippen molar-refractivity contribution in [3.63, 3.8) is 0 Å². The molecule has 4 nitrogen and oxygen atoms in total.